The molecule has 0 aliphatic carbocycles. The Morgan fingerprint density at radius 1 is 1.13 bits per heavy atom. The minimum Gasteiger partial charge on any atom is -0.496 e. The first-order valence-corrected chi connectivity index (χ1v) is 16.6. The molecule has 1 aliphatic heterocycles. The second-order valence-corrected chi connectivity index (χ2v) is 14.0. The molecule has 1 saturated heterocycles. The summed E-state index contributed by atoms with van der Waals surface area (Å²) in [7, 11) is 3.64. The number of fused-ring (bicyclic) bond motifs is 1. The number of nitrogens with zero attached hydrogens (tertiary/aromatic N) is 3. The maximum absolute atomic E-state index is 13.1. The summed E-state index contributed by atoms with van der Waals surface area (Å²) in [6, 6.07) is 21.5. The number of methoxy groups -OCH3 is 1. The summed E-state index contributed by atoms with van der Waals surface area (Å²) in [4.78, 5) is 31.1. The molecule has 11 nitrogen and oxygen atoms in total. The second kappa shape index (κ2) is 14.4. The Labute approximate surface area is 269 Å². The number of hydrogen-bond acceptors (Lipinski definition) is 9. The van der Waals surface area contributed by atoms with Gasteiger partial charge in [0.2, 0.25) is 5.91 Å². The summed E-state index contributed by atoms with van der Waals surface area (Å²) in [6.07, 6.45) is -0.183. The van der Waals surface area contributed by atoms with E-state index in [4.69, 9.17) is 14.0 Å². The number of amides is 1. The van der Waals surface area contributed by atoms with Crippen molar-refractivity contribution >= 4 is 30.6 Å². The maximum Gasteiger partial charge on any atom is 0.351 e. The second-order valence-electron chi connectivity index (χ2n) is 11.9. The molecule has 4 aromatic rings. The molecule has 1 aromatic heterocycles. The molecule has 0 bridgehead atoms. The van der Waals surface area contributed by atoms with Crippen LogP contribution in [0.5, 0.6) is 5.75 Å². The molecule has 12 heteroatoms. The predicted molar refractivity (Wildman–Crippen MR) is 179 cm³/mol. The number of hydrogen-bond donors (Lipinski definition) is 3. The van der Waals surface area contributed by atoms with Gasteiger partial charge in [0, 0.05) is 30.3 Å². The molecule has 5 rings (SSSR count). The zero-order valence-electron chi connectivity index (χ0n) is 26.7. The van der Waals surface area contributed by atoms with E-state index in [1.165, 1.54) is 16.8 Å². The van der Waals surface area contributed by atoms with Gasteiger partial charge >= 0.3 is 5.69 Å². The van der Waals surface area contributed by atoms with Crippen molar-refractivity contribution in [3.05, 3.63) is 89.0 Å². The fourth-order valence-electron chi connectivity index (χ4n) is 5.57. The Morgan fingerprint density at radius 3 is 2.57 bits per heavy atom. The average molecular weight is 649 g/mol. The number of para-hydroxylation sites is 1. The summed E-state index contributed by atoms with van der Waals surface area (Å²) in [5, 5.41) is 26.0. The van der Waals surface area contributed by atoms with Crippen molar-refractivity contribution < 1.29 is 29.0 Å². The van der Waals surface area contributed by atoms with E-state index in [2.05, 4.69) is 28.5 Å². The van der Waals surface area contributed by atoms with Crippen molar-refractivity contribution in [2.24, 2.45) is 5.92 Å². The third-order valence-corrected chi connectivity index (χ3v) is 10.4. The Balaban J connectivity index is 1.55. The van der Waals surface area contributed by atoms with Crippen LogP contribution in [-0.2, 0) is 20.2 Å². The van der Waals surface area contributed by atoms with Crippen LogP contribution in [-0.4, -0.2) is 76.6 Å². The lowest BCUT2D eigenvalue weighted by Gasteiger charge is -2.36. The largest absolute Gasteiger partial charge is 0.496 e. The molecule has 1 fully saturated rings. The highest BCUT2D eigenvalue weighted by Crippen LogP contribution is 2.61. The Hall–Kier alpha value is -3.70. The molecular weight excluding hydrogens is 607 g/mol. The lowest BCUT2D eigenvalue weighted by atomic mass is 9.94. The first kappa shape index (κ1) is 33.7. The number of carbonyl (C=O) groups excluding carboxylic acids is 1. The third-order valence-electron chi connectivity index (χ3n) is 8.04. The highest BCUT2D eigenvalue weighted by molar-refractivity contribution is 7.53. The number of rotatable bonds is 12. The summed E-state index contributed by atoms with van der Waals surface area (Å²) < 4.78 is 19.6. The van der Waals surface area contributed by atoms with Gasteiger partial charge in [0.15, 0.2) is 0 Å². The average Bonchev–Trinajstić information content (AvgIpc) is 3.39. The molecule has 1 aliphatic rings. The zero-order valence-corrected chi connectivity index (χ0v) is 27.6. The number of carbonyl (C=O) groups is 1. The van der Waals surface area contributed by atoms with E-state index in [9.17, 15) is 19.8 Å². The smallest absolute Gasteiger partial charge is 0.351 e. The topological polar surface area (TPSA) is 135 Å². The molecule has 0 spiro atoms. The molecule has 0 saturated carbocycles. The molecule has 4 atom stereocenters. The zero-order chi connectivity index (χ0) is 33.0. The molecule has 3 aromatic carbocycles. The van der Waals surface area contributed by atoms with Crippen LogP contribution < -0.4 is 15.7 Å². The van der Waals surface area contributed by atoms with Crippen LogP contribution in [0.1, 0.15) is 32.1 Å². The van der Waals surface area contributed by atoms with Gasteiger partial charge in [0.05, 0.1) is 21.9 Å². The van der Waals surface area contributed by atoms with Crippen molar-refractivity contribution in [2.45, 2.75) is 44.1 Å². The van der Waals surface area contributed by atoms with Crippen molar-refractivity contribution in [1.82, 2.24) is 14.5 Å². The molecular formula is C34H41N4O7P. The van der Waals surface area contributed by atoms with Crippen molar-refractivity contribution in [2.75, 3.05) is 39.9 Å². The number of ether oxygens (including phenoxy) is 2. The summed E-state index contributed by atoms with van der Waals surface area (Å²) >= 11 is 0. The van der Waals surface area contributed by atoms with Crippen LogP contribution >= 0.6 is 8.15 Å². The van der Waals surface area contributed by atoms with E-state index >= 15 is 0 Å². The van der Waals surface area contributed by atoms with E-state index in [1.54, 1.807) is 21.0 Å². The Kier molecular flexibility index (Phi) is 10.5. The monoisotopic (exact) mass is 648 g/mol. The molecule has 1 amide bonds. The van der Waals surface area contributed by atoms with Gasteiger partial charge in [-0.05, 0) is 48.1 Å². The summed E-state index contributed by atoms with van der Waals surface area (Å²) in [5.74, 6) is 0.299. The van der Waals surface area contributed by atoms with E-state index < -0.39 is 38.1 Å². The number of aliphatic hydroxyl groups is 2. The van der Waals surface area contributed by atoms with Crippen LogP contribution in [0.15, 0.2) is 77.7 Å². The Morgan fingerprint density at radius 2 is 1.87 bits per heavy atom. The van der Waals surface area contributed by atoms with Crippen LogP contribution in [0.2, 0.25) is 0 Å². The first-order chi connectivity index (χ1) is 22.0. The van der Waals surface area contributed by atoms with Crippen LogP contribution in [0.25, 0.3) is 21.9 Å². The van der Waals surface area contributed by atoms with Crippen molar-refractivity contribution in [1.29, 1.82) is 0 Å². The van der Waals surface area contributed by atoms with E-state index in [-0.39, 0.29) is 30.8 Å². The highest BCUT2D eigenvalue weighted by Gasteiger charge is 2.54. The summed E-state index contributed by atoms with van der Waals surface area (Å²) in [5.41, 5.74) is 2.15. The van der Waals surface area contributed by atoms with E-state index in [0.29, 0.717) is 11.9 Å². The first-order valence-electron chi connectivity index (χ1n) is 15.1. The number of nitrogens with one attached hydrogen (secondary N) is 1. The van der Waals surface area contributed by atoms with Gasteiger partial charge < -0.3 is 29.5 Å². The van der Waals surface area contributed by atoms with Gasteiger partial charge in [-0.15, -0.1) is 0 Å². The quantitative estimate of drug-likeness (QED) is 0.147. The van der Waals surface area contributed by atoms with E-state index in [0.717, 1.165) is 27.5 Å². The highest BCUT2D eigenvalue weighted by atomic mass is 31.1. The Bertz CT molecular complexity index is 1750. The molecule has 3 N–H and O–H groups in total. The molecule has 1 unspecified atom stereocenters. The number of aromatic nitrogens is 2. The lowest BCUT2D eigenvalue weighted by molar-refractivity contribution is -0.118. The van der Waals surface area contributed by atoms with Crippen molar-refractivity contribution in [3.63, 3.8) is 0 Å². The fraction of sp³-hybridized carbons (Fsp3) is 0.382. The SMILES string of the molecule is COc1ccccc1-c1ccc2ccccc2c1CP(OCN(C)C)[C@@]1(O)C[C@H](n2ccc(NC(=O)C(C)C)nc2=O)O[C@@H]1CO. The van der Waals surface area contributed by atoms with Crippen LogP contribution in [0.4, 0.5) is 5.82 Å². The number of aliphatic hydroxyl groups excluding tert-OH is 1. The van der Waals surface area contributed by atoms with E-state index in [1.807, 2.05) is 61.5 Å². The maximum atomic E-state index is 13.1. The normalized spacial score (nSPS) is 20.4. The lowest BCUT2D eigenvalue weighted by Crippen LogP contribution is -2.40. The van der Waals surface area contributed by atoms with Gasteiger partial charge in [-0.1, -0.05) is 68.4 Å². The van der Waals surface area contributed by atoms with Gasteiger partial charge in [0.25, 0.3) is 0 Å². The van der Waals surface area contributed by atoms with Crippen LogP contribution in [0, 0.1) is 5.92 Å². The minimum atomic E-state index is -1.75. The minimum absolute atomic E-state index is 0.0224. The predicted octanol–water partition coefficient (Wildman–Crippen LogP) is 4.77. The van der Waals surface area contributed by atoms with Gasteiger partial charge in [0.1, 0.15) is 36.0 Å². The number of anilines is 1. The molecule has 2 heterocycles. The fourth-order valence-corrected chi connectivity index (χ4v) is 7.98. The molecule has 46 heavy (non-hydrogen) atoms. The third kappa shape index (κ3) is 7.00. The van der Waals surface area contributed by atoms with Gasteiger partial charge in [-0.2, -0.15) is 4.98 Å². The van der Waals surface area contributed by atoms with Crippen molar-refractivity contribution in [3.8, 4) is 16.9 Å². The molecule has 244 valence electrons. The number of benzene rings is 3. The van der Waals surface area contributed by atoms with Crippen LogP contribution in [0.3, 0.4) is 0 Å². The molecule has 0 radical (unpaired) electrons. The van der Waals surface area contributed by atoms with Gasteiger partial charge in [-0.3, -0.25) is 14.3 Å². The summed E-state index contributed by atoms with van der Waals surface area (Å²) in [6.45, 7) is 3.22. The van der Waals surface area contributed by atoms with Gasteiger partial charge in [-0.25, -0.2) is 4.79 Å². The standard InChI is InChI=1S/C34H41N4O7P/c1-22(2)32(40)35-30-16-17-38(33(41)36-30)31-18-34(42,29(19-39)45-31)46(44-21-37(3)4)20-27-24-11-7-6-10-23(24)14-15-25(27)26-12-8-9-13-28(26)43-5/h6-17,22,29,31,39,42H,18-21H2,1-5H3,(H,35,36,40,41)/t29-,31-,34+,46?/m1/s1.